The number of hydrogen-bond acceptors (Lipinski definition) is 4. The molecule has 1 saturated carbocycles. The first-order chi connectivity index (χ1) is 8.11. The SMILES string of the molecule is CC(C1CC1)N(C)Cc1cc(C(=O)NN)co1. The zero-order valence-corrected chi connectivity index (χ0v) is 10.3. The van der Waals surface area contributed by atoms with Gasteiger partial charge in [0.1, 0.15) is 12.0 Å². The van der Waals surface area contributed by atoms with Crippen LogP contribution in [-0.2, 0) is 6.54 Å². The highest BCUT2D eigenvalue weighted by molar-refractivity contribution is 5.93. The fraction of sp³-hybridized carbons (Fsp3) is 0.583. The Bertz CT molecular complexity index is 398. The molecule has 0 aliphatic heterocycles. The van der Waals surface area contributed by atoms with Gasteiger partial charge >= 0.3 is 0 Å². The van der Waals surface area contributed by atoms with Crippen LogP contribution in [0.3, 0.4) is 0 Å². The predicted molar refractivity (Wildman–Crippen MR) is 64.0 cm³/mol. The highest BCUT2D eigenvalue weighted by Gasteiger charge is 2.30. The third-order valence-electron chi connectivity index (χ3n) is 3.45. The number of nitrogens with zero attached hydrogens (tertiary/aromatic N) is 1. The molecule has 2 rings (SSSR count). The van der Waals surface area contributed by atoms with Crippen molar-refractivity contribution in [3.8, 4) is 0 Å². The second-order valence-corrected chi connectivity index (χ2v) is 4.77. The first-order valence-corrected chi connectivity index (χ1v) is 5.90. The van der Waals surface area contributed by atoms with E-state index in [0.717, 1.165) is 18.2 Å². The maximum absolute atomic E-state index is 11.3. The van der Waals surface area contributed by atoms with E-state index in [9.17, 15) is 4.79 Å². The van der Waals surface area contributed by atoms with Crippen LogP contribution >= 0.6 is 0 Å². The van der Waals surface area contributed by atoms with E-state index in [1.807, 2.05) is 0 Å². The van der Waals surface area contributed by atoms with Gasteiger partial charge in [-0.3, -0.25) is 15.1 Å². The second kappa shape index (κ2) is 4.89. The summed E-state index contributed by atoms with van der Waals surface area (Å²) in [5.41, 5.74) is 2.55. The van der Waals surface area contributed by atoms with Crippen LogP contribution < -0.4 is 11.3 Å². The minimum absolute atomic E-state index is 0.321. The first-order valence-electron chi connectivity index (χ1n) is 5.90. The van der Waals surface area contributed by atoms with Crippen molar-refractivity contribution in [2.75, 3.05) is 7.05 Å². The Morgan fingerprint density at radius 1 is 1.71 bits per heavy atom. The van der Waals surface area contributed by atoms with Gasteiger partial charge in [-0.15, -0.1) is 0 Å². The van der Waals surface area contributed by atoms with Gasteiger partial charge in [-0.25, -0.2) is 5.84 Å². The molecule has 0 radical (unpaired) electrons. The Kier molecular flexibility index (Phi) is 3.49. The van der Waals surface area contributed by atoms with Crippen molar-refractivity contribution in [2.45, 2.75) is 32.4 Å². The molecule has 1 atom stereocenters. The van der Waals surface area contributed by atoms with Crippen LogP contribution in [0.4, 0.5) is 0 Å². The molecule has 1 aliphatic rings. The van der Waals surface area contributed by atoms with Crippen LogP contribution in [0.5, 0.6) is 0 Å². The molecule has 1 aromatic heterocycles. The summed E-state index contributed by atoms with van der Waals surface area (Å²) in [4.78, 5) is 13.5. The molecule has 1 fully saturated rings. The Morgan fingerprint density at radius 3 is 3.00 bits per heavy atom. The quantitative estimate of drug-likeness (QED) is 0.457. The maximum atomic E-state index is 11.3. The summed E-state index contributed by atoms with van der Waals surface area (Å²) in [5, 5.41) is 0. The molecule has 1 heterocycles. The van der Waals surface area contributed by atoms with E-state index in [4.69, 9.17) is 10.3 Å². The van der Waals surface area contributed by atoms with E-state index in [0.29, 0.717) is 11.6 Å². The fourth-order valence-electron chi connectivity index (χ4n) is 1.99. The molecule has 5 heteroatoms. The number of nitrogen functional groups attached to an aromatic ring is 1. The Morgan fingerprint density at radius 2 is 2.41 bits per heavy atom. The van der Waals surface area contributed by atoms with Gasteiger partial charge in [0, 0.05) is 6.04 Å². The summed E-state index contributed by atoms with van der Waals surface area (Å²) in [5.74, 6) is 6.35. The predicted octanol–water partition coefficient (Wildman–Crippen LogP) is 1.11. The van der Waals surface area contributed by atoms with Crippen LogP contribution in [0.15, 0.2) is 16.7 Å². The molecule has 1 unspecified atom stereocenters. The van der Waals surface area contributed by atoms with Crippen molar-refractivity contribution in [1.29, 1.82) is 0 Å². The lowest BCUT2D eigenvalue weighted by Crippen LogP contribution is -2.30. The number of hydrogen-bond donors (Lipinski definition) is 2. The summed E-state index contributed by atoms with van der Waals surface area (Å²) in [6.07, 6.45) is 4.09. The molecule has 1 amide bonds. The van der Waals surface area contributed by atoms with Crippen LogP contribution in [0.25, 0.3) is 0 Å². The Balaban J connectivity index is 1.93. The molecule has 94 valence electrons. The number of carbonyl (C=O) groups excluding carboxylic acids is 1. The zero-order chi connectivity index (χ0) is 12.4. The lowest BCUT2D eigenvalue weighted by atomic mass is 10.2. The van der Waals surface area contributed by atoms with Crippen molar-refractivity contribution in [2.24, 2.45) is 11.8 Å². The van der Waals surface area contributed by atoms with Crippen LogP contribution in [-0.4, -0.2) is 23.9 Å². The van der Waals surface area contributed by atoms with Gasteiger partial charge in [-0.05, 0) is 38.8 Å². The number of amides is 1. The highest BCUT2D eigenvalue weighted by atomic mass is 16.3. The molecule has 0 bridgehead atoms. The molecule has 0 aromatic carbocycles. The Labute approximate surface area is 101 Å². The molecule has 0 saturated heterocycles. The van der Waals surface area contributed by atoms with Gasteiger partial charge in [0.25, 0.3) is 5.91 Å². The van der Waals surface area contributed by atoms with Crippen LogP contribution in [0.1, 0.15) is 35.9 Å². The lowest BCUT2D eigenvalue weighted by molar-refractivity contribution is 0.0953. The molecule has 0 spiro atoms. The number of furan rings is 1. The third-order valence-corrected chi connectivity index (χ3v) is 3.45. The van der Waals surface area contributed by atoms with E-state index in [-0.39, 0.29) is 5.91 Å². The average Bonchev–Trinajstić information content (AvgIpc) is 3.08. The number of carbonyl (C=O) groups is 1. The molecule has 17 heavy (non-hydrogen) atoms. The average molecular weight is 237 g/mol. The standard InChI is InChI=1S/C12H19N3O2/c1-8(9-3-4-9)15(2)6-11-5-10(7-17-11)12(16)14-13/h5,7-9H,3-4,6,13H2,1-2H3,(H,14,16). The maximum Gasteiger partial charge on any atom is 0.268 e. The number of nitrogens with two attached hydrogens (primary N) is 1. The Hall–Kier alpha value is -1.33. The highest BCUT2D eigenvalue weighted by Crippen LogP contribution is 2.35. The summed E-state index contributed by atoms with van der Waals surface area (Å²) >= 11 is 0. The van der Waals surface area contributed by atoms with E-state index in [2.05, 4.69) is 24.3 Å². The summed E-state index contributed by atoms with van der Waals surface area (Å²) in [6.45, 7) is 2.95. The van der Waals surface area contributed by atoms with Gasteiger partial charge in [0.15, 0.2) is 0 Å². The molecular weight excluding hydrogens is 218 g/mol. The van der Waals surface area contributed by atoms with Crippen molar-refractivity contribution in [1.82, 2.24) is 10.3 Å². The molecule has 1 aromatic rings. The number of rotatable bonds is 5. The van der Waals surface area contributed by atoms with Gasteiger partial charge in [-0.1, -0.05) is 0 Å². The van der Waals surface area contributed by atoms with Crippen molar-refractivity contribution < 1.29 is 9.21 Å². The van der Waals surface area contributed by atoms with Gasteiger partial charge in [-0.2, -0.15) is 0 Å². The van der Waals surface area contributed by atoms with E-state index < -0.39 is 0 Å². The number of nitrogens with one attached hydrogen (secondary N) is 1. The minimum atomic E-state index is -0.321. The first kappa shape index (κ1) is 12.1. The normalized spacial score (nSPS) is 17.2. The van der Waals surface area contributed by atoms with Gasteiger partial charge in [0.2, 0.25) is 0 Å². The smallest absolute Gasteiger partial charge is 0.268 e. The monoisotopic (exact) mass is 237 g/mol. The van der Waals surface area contributed by atoms with E-state index >= 15 is 0 Å². The van der Waals surface area contributed by atoms with Crippen molar-refractivity contribution in [3.05, 3.63) is 23.7 Å². The largest absolute Gasteiger partial charge is 0.467 e. The lowest BCUT2D eigenvalue weighted by Gasteiger charge is -2.23. The van der Waals surface area contributed by atoms with Crippen molar-refractivity contribution in [3.63, 3.8) is 0 Å². The third kappa shape index (κ3) is 2.87. The topological polar surface area (TPSA) is 71.5 Å². The molecule has 5 nitrogen and oxygen atoms in total. The minimum Gasteiger partial charge on any atom is -0.467 e. The van der Waals surface area contributed by atoms with Gasteiger partial charge < -0.3 is 4.42 Å². The van der Waals surface area contributed by atoms with Crippen LogP contribution in [0, 0.1) is 5.92 Å². The molecule has 1 aliphatic carbocycles. The van der Waals surface area contributed by atoms with E-state index in [1.54, 1.807) is 6.07 Å². The van der Waals surface area contributed by atoms with Crippen molar-refractivity contribution >= 4 is 5.91 Å². The zero-order valence-electron chi connectivity index (χ0n) is 10.3. The summed E-state index contributed by atoms with van der Waals surface area (Å²) < 4.78 is 5.35. The molecule has 3 N–H and O–H groups in total. The summed E-state index contributed by atoms with van der Waals surface area (Å²) in [6, 6.07) is 2.30. The van der Waals surface area contributed by atoms with Gasteiger partial charge in [0.05, 0.1) is 12.1 Å². The number of hydrazine groups is 1. The summed E-state index contributed by atoms with van der Waals surface area (Å²) in [7, 11) is 2.08. The van der Waals surface area contributed by atoms with Crippen LogP contribution in [0.2, 0.25) is 0 Å². The van der Waals surface area contributed by atoms with E-state index in [1.165, 1.54) is 19.1 Å². The molecular formula is C12H19N3O2. The fourth-order valence-corrected chi connectivity index (χ4v) is 1.99. The second-order valence-electron chi connectivity index (χ2n) is 4.77.